The lowest BCUT2D eigenvalue weighted by molar-refractivity contribution is -0.0511. The maximum Gasteiger partial charge on any atom is 0.343 e. The molecule has 2 saturated heterocycles. The van der Waals surface area contributed by atoms with Crippen LogP contribution in [0.4, 0.5) is 0 Å². The standard InChI is InChI=1S/C24H28N2O6/c1-24(2)6-5-18-15-8-22(32-13-14-11-31-12-14)21(29-3)7-16(15)19-9-20(27)17(23(28)30-4)10-25(19)26(18)24/h7-10,14,18H,5-6,11-13H2,1-4H3. The lowest BCUT2D eigenvalue weighted by Gasteiger charge is -2.44. The fraction of sp³-hybridized carbons (Fsp3) is 0.500. The highest BCUT2D eigenvalue weighted by atomic mass is 16.5. The van der Waals surface area contributed by atoms with E-state index in [9.17, 15) is 9.59 Å². The average Bonchev–Trinajstić information content (AvgIpc) is 3.06. The normalized spacial score (nSPS) is 20.6. The summed E-state index contributed by atoms with van der Waals surface area (Å²) in [5.41, 5.74) is 2.23. The van der Waals surface area contributed by atoms with Gasteiger partial charge in [0.1, 0.15) is 5.56 Å². The summed E-state index contributed by atoms with van der Waals surface area (Å²) in [5.74, 6) is 1.08. The molecule has 0 amide bonds. The number of aromatic nitrogens is 1. The first-order chi connectivity index (χ1) is 15.3. The van der Waals surface area contributed by atoms with Crippen molar-refractivity contribution >= 4 is 5.97 Å². The number of esters is 1. The summed E-state index contributed by atoms with van der Waals surface area (Å²) in [4.78, 5) is 25.0. The van der Waals surface area contributed by atoms with Crippen LogP contribution in [0, 0.1) is 5.92 Å². The van der Waals surface area contributed by atoms with Crippen LogP contribution in [0.3, 0.4) is 0 Å². The van der Waals surface area contributed by atoms with Crippen molar-refractivity contribution in [2.45, 2.75) is 38.3 Å². The topological polar surface area (TPSA) is 79.2 Å². The van der Waals surface area contributed by atoms with E-state index in [1.165, 1.54) is 13.2 Å². The Labute approximate surface area is 186 Å². The first-order valence-corrected chi connectivity index (χ1v) is 10.9. The molecular weight excluding hydrogens is 412 g/mol. The van der Waals surface area contributed by atoms with Gasteiger partial charge in [-0.3, -0.25) is 14.5 Å². The molecule has 3 aliphatic rings. The molecule has 1 aromatic heterocycles. The van der Waals surface area contributed by atoms with Gasteiger partial charge in [-0.1, -0.05) is 0 Å². The van der Waals surface area contributed by atoms with Crippen LogP contribution in [0.15, 0.2) is 29.2 Å². The molecule has 32 heavy (non-hydrogen) atoms. The predicted octanol–water partition coefficient (Wildman–Crippen LogP) is 2.90. The molecule has 8 nitrogen and oxygen atoms in total. The zero-order valence-electron chi connectivity index (χ0n) is 18.8. The average molecular weight is 440 g/mol. The number of carbonyl (C=O) groups is 1. The van der Waals surface area contributed by atoms with Gasteiger partial charge < -0.3 is 18.9 Å². The second-order valence-electron chi connectivity index (χ2n) is 9.29. The predicted molar refractivity (Wildman–Crippen MR) is 118 cm³/mol. The van der Waals surface area contributed by atoms with Gasteiger partial charge in [-0.25, -0.2) is 4.79 Å². The number of hydrogen-bond acceptors (Lipinski definition) is 7. The second kappa shape index (κ2) is 7.55. The van der Waals surface area contributed by atoms with Crippen LogP contribution < -0.4 is 19.9 Å². The zero-order chi connectivity index (χ0) is 22.6. The summed E-state index contributed by atoms with van der Waals surface area (Å²) in [6.07, 6.45) is 3.53. The van der Waals surface area contributed by atoms with Crippen molar-refractivity contribution in [1.29, 1.82) is 0 Å². The SMILES string of the molecule is COC(=O)c1cn2c(cc1=O)-c1cc(OC)c(OCC3COC3)cc1C1CCC(C)(C)N12. The van der Waals surface area contributed by atoms with Crippen molar-refractivity contribution in [3.63, 3.8) is 0 Å². The van der Waals surface area contributed by atoms with Gasteiger partial charge in [0.15, 0.2) is 16.9 Å². The fourth-order valence-corrected chi connectivity index (χ4v) is 4.98. The number of fused-ring (bicyclic) bond motifs is 6. The van der Waals surface area contributed by atoms with Crippen molar-refractivity contribution in [3.8, 4) is 22.8 Å². The van der Waals surface area contributed by atoms with Crippen LogP contribution in [0.2, 0.25) is 0 Å². The number of rotatable bonds is 5. The summed E-state index contributed by atoms with van der Waals surface area (Å²) >= 11 is 0. The van der Waals surface area contributed by atoms with Gasteiger partial charge in [-0.15, -0.1) is 0 Å². The van der Waals surface area contributed by atoms with Gasteiger partial charge >= 0.3 is 5.97 Å². The summed E-state index contributed by atoms with van der Waals surface area (Å²) in [6, 6.07) is 5.59. The van der Waals surface area contributed by atoms with E-state index in [4.69, 9.17) is 18.9 Å². The number of benzene rings is 1. The summed E-state index contributed by atoms with van der Waals surface area (Å²) < 4.78 is 23.8. The van der Waals surface area contributed by atoms with Gasteiger partial charge in [-0.05, 0) is 44.4 Å². The minimum absolute atomic E-state index is 0.0239. The third-order valence-electron chi connectivity index (χ3n) is 6.77. The molecule has 0 N–H and O–H groups in total. The number of pyridine rings is 1. The molecule has 0 spiro atoms. The van der Waals surface area contributed by atoms with Crippen molar-refractivity contribution in [3.05, 3.63) is 45.7 Å². The van der Waals surface area contributed by atoms with Crippen molar-refractivity contribution < 1.29 is 23.7 Å². The molecule has 0 saturated carbocycles. The highest BCUT2D eigenvalue weighted by molar-refractivity contribution is 5.89. The highest BCUT2D eigenvalue weighted by Crippen LogP contribution is 2.50. The van der Waals surface area contributed by atoms with Gasteiger partial charge in [0, 0.05) is 23.7 Å². The zero-order valence-corrected chi connectivity index (χ0v) is 18.8. The first kappa shape index (κ1) is 20.9. The van der Waals surface area contributed by atoms with Crippen molar-refractivity contribution in [2.75, 3.05) is 39.0 Å². The Bertz CT molecular complexity index is 1130. The highest BCUT2D eigenvalue weighted by Gasteiger charge is 2.45. The summed E-state index contributed by atoms with van der Waals surface area (Å²) in [7, 11) is 2.90. The lowest BCUT2D eigenvalue weighted by atomic mass is 9.93. The molecule has 1 aromatic carbocycles. The maximum absolute atomic E-state index is 12.8. The van der Waals surface area contributed by atoms with Crippen molar-refractivity contribution in [2.24, 2.45) is 5.92 Å². The van der Waals surface area contributed by atoms with E-state index in [0.29, 0.717) is 24.0 Å². The molecule has 5 rings (SSSR count). The molecule has 3 aliphatic heterocycles. The van der Waals surface area contributed by atoms with E-state index in [1.54, 1.807) is 13.3 Å². The molecule has 1 unspecified atom stereocenters. The lowest BCUT2D eigenvalue weighted by Crippen LogP contribution is -2.50. The monoisotopic (exact) mass is 440 g/mol. The molecular formula is C24H28N2O6. The minimum Gasteiger partial charge on any atom is -0.493 e. The summed E-state index contributed by atoms with van der Waals surface area (Å²) in [6.45, 7) is 6.37. The van der Waals surface area contributed by atoms with Gasteiger partial charge in [0.25, 0.3) is 0 Å². The third kappa shape index (κ3) is 3.16. The van der Waals surface area contributed by atoms with E-state index in [0.717, 1.165) is 42.9 Å². The number of nitrogens with zero attached hydrogens (tertiary/aromatic N) is 2. The Morgan fingerprint density at radius 1 is 1.19 bits per heavy atom. The Morgan fingerprint density at radius 2 is 1.97 bits per heavy atom. The Hall–Kier alpha value is -3.00. The number of hydrogen-bond donors (Lipinski definition) is 0. The molecule has 2 fully saturated rings. The molecule has 0 radical (unpaired) electrons. The smallest absolute Gasteiger partial charge is 0.343 e. The Morgan fingerprint density at radius 3 is 2.62 bits per heavy atom. The molecule has 170 valence electrons. The second-order valence-corrected chi connectivity index (χ2v) is 9.29. The fourth-order valence-electron chi connectivity index (χ4n) is 4.98. The first-order valence-electron chi connectivity index (χ1n) is 10.9. The molecule has 4 heterocycles. The van der Waals surface area contributed by atoms with Crippen LogP contribution in [0.25, 0.3) is 11.3 Å². The van der Waals surface area contributed by atoms with E-state index < -0.39 is 5.97 Å². The van der Waals surface area contributed by atoms with E-state index in [1.807, 2.05) is 10.7 Å². The quantitative estimate of drug-likeness (QED) is 0.662. The number of carbonyl (C=O) groups excluding carboxylic acids is 1. The maximum atomic E-state index is 12.8. The Kier molecular flexibility index (Phi) is 4.93. The molecule has 0 aliphatic carbocycles. The number of ether oxygens (including phenoxy) is 4. The van der Waals surface area contributed by atoms with Crippen LogP contribution in [0.1, 0.15) is 48.7 Å². The van der Waals surface area contributed by atoms with Crippen LogP contribution >= 0.6 is 0 Å². The van der Waals surface area contributed by atoms with Gasteiger partial charge in [0.05, 0.1) is 51.3 Å². The third-order valence-corrected chi connectivity index (χ3v) is 6.77. The Balaban J connectivity index is 1.67. The molecule has 0 bridgehead atoms. The molecule has 8 heteroatoms. The van der Waals surface area contributed by atoms with Crippen molar-refractivity contribution in [1.82, 2.24) is 4.68 Å². The number of methoxy groups -OCH3 is 2. The summed E-state index contributed by atoms with van der Waals surface area (Å²) in [5, 5.41) is 2.26. The van der Waals surface area contributed by atoms with Crippen LogP contribution in [0.5, 0.6) is 11.5 Å². The van der Waals surface area contributed by atoms with E-state index in [2.05, 4.69) is 24.9 Å². The molecule has 1 atom stereocenters. The largest absolute Gasteiger partial charge is 0.493 e. The van der Waals surface area contributed by atoms with Gasteiger partial charge in [-0.2, -0.15) is 0 Å². The molecule has 2 aromatic rings. The van der Waals surface area contributed by atoms with E-state index in [-0.39, 0.29) is 22.6 Å². The van der Waals surface area contributed by atoms with Gasteiger partial charge in [0.2, 0.25) is 0 Å². The van der Waals surface area contributed by atoms with Crippen LogP contribution in [-0.4, -0.2) is 50.2 Å². The van der Waals surface area contributed by atoms with Crippen LogP contribution in [-0.2, 0) is 9.47 Å². The van der Waals surface area contributed by atoms with E-state index >= 15 is 0 Å². The minimum atomic E-state index is -0.633.